The van der Waals surface area contributed by atoms with E-state index in [9.17, 15) is 4.79 Å². The van der Waals surface area contributed by atoms with Crippen molar-refractivity contribution in [3.8, 4) is 0 Å². The third-order valence-electron chi connectivity index (χ3n) is 3.19. The number of hydrogen-bond donors (Lipinski definition) is 2. The third-order valence-corrected chi connectivity index (χ3v) is 3.19. The van der Waals surface area contributed by atoms with Crippen molar-refractivity contribution in [3.05, 3.63) is 17.0 Å². The van der Waals surface area contributed by atoms with Crippen LogP contribution in [0.15, 0.2) is 4.52 Å². The van der Waals surface area contributed by atoms with Gasteiger partial charge in [0, 0.05) is 24.6 Å². The van der Waals surface area contributed by atoms with Gasteiger partial charge in [0.25, 0.3) is 0 Å². The molecule has 1 amide bonds. The first-order valence-corrected chi connectivity index (χ1v) is 6.85. The van der Waals surface area contributed by atoms with Crippen LogP contribution in [0.25, 0.3) is 0 Å². The van der Waals surface area contributed by atoms with E-state index in [-0.39, 0.29) is 24.4 Å². The van der Waals surface area contributed by atoms with E-state index >= 15 is 0 Å². The van der Waals surface area contributed by atoms with Gasteiger partial charge in [0.05, 0.1) is 5.69 Å². The fourth-order valence-electron chi connectivity index (χ4n) is 2.18. The van der Waals surface area contributed by atoms with Crippen molar-refractivity contribution in [2.75, 3.05) is 6.54 Å². The predicted octanol–water partition coefficient (Wildman–Crippen LogP) is 2.14. The first kappa shape index (κ1) is 18.9. The van der Waals surface area contributed by atoms with E-state index in [2.05, 4.69) is 24.3 Å². The summed E-state index contributed by atoms with van der Waals surface area (Å²) in [6.07, 6.45) is 2.01. The van der Waals surface area contributed by atoms with Crippen molar-refractivity contribution in [1.29, 1.82) is 0 Å². The van der Waals surface area contributed by atoms with E-state index < -0.39 is 0 Å². The maximum absolute atomic E-state index is 11.9. The molecule has 1 unspecified atom stereocenters. The second-order valence-electron chi connectivity index (χ2n) is 5.43. The molecule has 1 atom stereocenters. The zero-order valence-electron chi connectivity index (χ0n) is 12.7. The molecule has 1 heterocycles. The maximum atomic E-state index is 11.9. The van der Waals surface area contributed by atoms with Gasteiger partial charge in [-0.2, -0.15) is 0 Å². The highest BCUT2D eigenvalue weighted by Crippen LogP contribution is 2.14. The van der Waals surface area contributed by atoms with Gasteiger partial charge in [-0.25, -0.2) is 0 Å². The number of nitrogens with one attached hydrogen (secondary N) is 1. The number of hydrogen-bond acceptors (Lipinski definition) is 4. The second-order valence-corrected chi connectivity index (χ2v) is 5.43. The van der Waals surface area contributed by atoms with Crippen LogP contribution in [0, 0.1) is 19.8 Å². The van der Waals surface area contributed by atoms with Crippen molar-refractivity contribution in [2.24, 2.45) is 11.7 Å². The lowest BCUT2D eigenvalue weighted by molar-refractivity contribution is -0.121. The minimum Gasteiger partial charge on any atom is -0.361 e. The zero-order valence-corrected chi connectivity index (χ0v) is 13.5. The largest absolute Gasteiger partial charge is 0.361 e. The zero-order chi connectivity index (χ0) is 14.4. The standard InChI is InChI=1S/C14H25N3O2.ClH/c1-9(2)7-12(8-15)16-14(18)6-5-13-10(3)17-19-11(13)4;/h9,12H,5-8,15H2,1-4H3,(H,16,18);1H. The van der Waals surface area contributed by atoms with E-state index in [1.807, 2.05) is 13.8 Å². The summed E-state index contributed by atoms with van der Waals surface area (Å²) in [7, 11) is 0. The summed E-state index contributed by atoms with van der Waals surface area (Å²) < 4.78 is 5.08. The molecule has 6 heteroatoms. The number of nitrogens with two attached hydrogens (primary N) is 1. The average molecular weight is 304 g/mol. The quantitative estimate of drug-likeness (QED) is 0.808. The fraction of sp³-hybridized carbons (Fsp3) is 0.714. The summed E-state index contributed by atoms with van der Waals surface area (Å²) in [5.74, 6) is 1.36. The number of carbonyl (C=O) groups is 1. The fourth-order valence-corrected chi connectivity index (χ4v) is 2.18. The molecule has 0 aliphatic heterocycles. The van der Waals surface area contributed by atoms with Crippen molar-refractivity contribution in [2.45, 2.75) is 53.0 Å². The highest BCUT2D eigenvalue weighted by Gasteiger charge is 2.14. The Kier molecular flexibility index (Phi) is 8.49. The summed E-state index contributed by atoms with van der Waals surface area (Å²) in [4.78, 5) is 11.9. The minimum absolute atomic E-state index is 0. The normalized spacial score (nSPS) is 12.1. The molecule has 0 aliphatic carbocycles. The van der Waals surface area contributed by atoms with Gasteiger partial charge in [-0.15, -0.1) is 12.4 Å². The lowest BCUT2D eigenvalue weighted by atomic mass is 10.0. The molecule has 0 saturated heterocycles. The predicted molar refractivity (Wildman–Crippen MR) is 82.0 cm³/mol. The summed E-state index contributed by atoms with van der Waals surface area (Å²) in [5, 5.41) is 6.87. The van der Waals surface area contributed by atoms with E-state index in [1.165, 1.54) is 0 Å². The number of aromatic nitrogens is 1. The Balaban J connectivity index is 0.00000361. The number of amides is 1. The van der Waals surface area contributed by atoms with Gasteiger partial charge in [-0.3, -0.25) is 4.79 Å². The van der Waals surface area contributed by atoms with E-state index in [0.717, 1.165) is 23.4 Å². The topological polar surface area (TPSA) is 81.2 Å². The molecular formula is C14H26ClN3O2. The lowest BCUT2D eigenvalue weighted by Crippen LogP contribution is -2.41. The second kappa shape index (κ2) is 8.97. The summed E-state index contributed by atoms with van der Waals surface area (Å²) in [6, 6.07) is 0.0668. The van der Waals surface area contributed by atoms with Crippen LogP contribution >= 0.6 is 12.4 Å². The van der Waals surface area contributed by atoms with Gasteiger partial charge < -0.3 is 15.6 Å². The first-order chi connectivity index (χ1) is 8.93. The molecule has 1 rings (SSSR count). The summed E-state index contributed by atoms with van der Waals surface area (Å²) in [5.41, 5.74) is 7.56. The van der Waals surface area contributed by atoms with Crippen LogP contribution in [0.4, 0.5) is 0 Å². The van der Waals surface area contributed by atoms with Gasteiger partial charge in [0.2, 0.25) is 5.91 Å². The SMILES string of the molecule is Cc1noc(C)c1CCC(=O)NC(CN)CC(C)C.Cl. The number of halogens is 1. The molecule has 3 N–H and O–H groups in total. The highest BCUT2D eigenvalue weighted by molar-refractivity contribution is 5.85. The minimum atomic E-state index is 0. The molecule has 0 fully saturated rings. The Morgan fingerprint density at radius 2 is 2.05 bits per heavy atom. The molecule has 1 aromatic heterocycles. The van der Waals surface area contributed by atoms with Gasteiger partial charge in [-0.05, 0) is 32.6 Å². The van der Waals surface area contributed by atoms with Gasteiger partial charge in [-0.1, -0.05) is 19.0 Å². The Bertz CT molecular complexity index is 399. The molecule has 116 valence electrons. The van der Waals surface area contributed by atoms with Crippen molar-refractivity contribution >= 4 is 18.3 Å². The first-order valence-electron chi connectivity index (χ1n) is 6.85. The maximum Gasteiger partial charge on any atom is 0.220 e. The van der Waals surface area contributed by atoms with Crippen LogP contribution in [0.1, 0.15) is 43.7 Å². The van der Waals surface area contributed by atoms with Crippen molar-refractivity contribution in [3.63, 3.8) is 0 Å². The van der Waals surface area contributed by atoms with Crippen LogP contribution in [-0.2, 0) is 11.2 Å². The average Bonchev–Trinajstić information content (AvgIpc) is 2.65. The van der Waals surface area contributed by atoms with Gasteiger partial charge >= 0.3 is 0 Å². The lowest BCUT2D eigenvalue weighted by Gasteiger charge is -2.18. The molecule has 0 aliphatic rings. The Morgan fingerprint density at radius 1 is 1.40 bits per heavy atom. The van der Waals surface area contributed by atoms with Crippen LogP contribution < -0.4 is 11.1 Å². The molecule has 0 spiro atoms. The van der Waals surface area contributed by atoms with E-state index in [1.54, 1.807) is 0 Å². The Morgan fingerprint density at radius 3 is 2.50 bits per heavy atom. The highest BCUT2D eigenvalue weighted by atomic mass is 35.5. The van der Waals surface area contributed by atoms with Gasteiger partial charge in [0.15, 0.2) is 0 Å². The molecule has 0 saturated carbocycles. The van der Waals surface area contributed by atoms with E-state index in [0.29, 0.717) is 25.3 Å². The van der Waals surface area contributed by atoms with Crippen LogP contribution in [0.5, 0.6) is 0 Å². The number of carbonyl (C=O) groups excluding carboxylic acids is 1. The third kappa shape index (κ3) is 5.92. The monoisotopic (exact) mass is 303 g/mol. The molecular weight excluding hydrogens is 278 g/mol. The Labute approximate surface area is 127 Å². The smallest absolute Gasteiger partial charge is 0.220 e. The van der Waals surface area contributed by atoms with Gasteiger partial charge in [0.1, 0.15) is 5.76 Å². The summed E-state index contributed by atoms with van der Waals surface area (Å²) in [6.45, 7) is 8.49. The number of nitrogens with zero attached hydrogens (tertiary/aromatic N) is 1. The van der Waals surface area contributed by atoms with Crippen LogP contribution in [0.3, 0.4) is 0 Å². The Hall–Kier alpha value is -1.07. The molecule has 5 nitrogen and oxygen atoms in total. The molecule has 0 aromatic carbocycles. The molecule has 0 bridgehead atoms. The van der Waals surface area contributed by atoms with E-state index in [4.69, 9.17) is 10.3 Å². The van der Waals surface area contributed by atoms with Crippen molar-refractivity contribution < 1.29 is 9.32 Å². The summed E-state index contributed by atoms with van der Waals surface area (Å²) >= 11 is 0. The van der Waals surface area contributed by atoms with Crippen LogP contribution in [0.2, 0.25) is 0 Å². The van der Waals surface area contributed by atoms with Crippen LogP contribution in [-0.4, -0.2) is 23.7 Å². The molecule has 20 heavy (non-hydrogen) atoms. The number of rotatable bonds is 7. The molecule has 1 aromatic rings. The van der Waals surface area contributed by atoms with Crippen molar-refractivity contribution in [1.82, 2.24) is 10.5 Å². The molecule has 0 radical (unpaired) electrons. The number of aryl methyl sites for hydroxylation is 2.